The van der Waals surface area contributed by atoms with Gasteiger partial charge in [0.1, 0.15) is 11.5 Å². The molecule has 17 heavy (non-hydrogen) atoms. The van der Waals surface area contributed by atoms with E-state index >= 15 is 0 Å². The first-order valence-corrected chi connectivity index (χ1v) is 5.23. The van der Waals surface area contributed by atoms with E-state index in [0.717, 1.165) is 0 Å². The Morgan fingerprint density at radius 3 is 2.47 bits per heavy atom. The Kier molecular flexibility index (Phi) is 3.10. The van der Waals surface area contributed by atoms with Crippen molar-refractivity contribution in [1.82, 2.24) is 0 Å². The number of phenols is 1. The van der Waals surface area contributed by atoms with E-state index in [4.69, 9.17) is 4.74 Å². The Balaban J connectivity index is 2.19. The normalized spacial score (nSPS) is 9.94. The second kappa shape index (κ2) is 4.70. The summed E-state index contributed by atoms with van der Waals surface area (Å²) in [7, 11) is 0. The molecule has 2 rings (SSSR count). The number of carbonyl (C=O) groups is 1. The third-order valence-electron chi connectivity index (χ3n) is 2.37. The van der Waals surface area contributed by atoms with Gasteiger partial charge in [-0.2, -0.15) is 0 Å². The second-order valence-electron chi connectivity index (χ2n) is 3.71. The molecule has 0 fully saturated rings. The first kappa shape index (κ1) is 11.2. The van der Waals surface area contributed by atoms with Gasteiger partial charge in [-0.1, -0.05) is 18.2 Å². The van der Waals surface area contributed by atoms with E-state index in [-0.39, 0.29) is 5.75 Å². The van der Waals surface area contributed by atoms with Crippen molar-refractivity contribution in [3.63, 3.8) is 0 Å². The van der Waals surface area contributed by atoms with Crippen LogP contribution in [0.25, 0.3) is 0 Å². The first-order valence-electron chi connectivity index (χ1n) is 5.23. The summed E-state index contributed by atoms with van der Waals surface area (Å²) in [5, 5.41) is 9.25. The molecule has 2 aromatic carbocycles. The molecule has 0 aliphatic carbocycles. The van der Waals surface area contributed by atoms with E-state index in [0.29, 0.717) is 16.9 Å². The summed E-state index contributed by atoms with van der Waals surface area (Å²) >= 11 is 0. The van der Waals surface area contributed by atoms with E-state index in [1.165, 1.54) is 6.07 Å². The summed E-state index contributed by atoms with van der Waals surface area (Å²) in [5.41, 5.74) is 1.22. The molecule has 0 amide bonds. The van der Waals surface area contributed by atoms with Crippen molar-refractivity contribution >= 4 is 5.97 Å². The zero-order valence-electron chi connectivity index (χ0n) is 9.38. The standard InChI is InChI=1S/C14H12O3/c1-10-9-12(15)7-8-13(10)17-14(16)11-5-3-2-4-6-11/h2-9,15H,1H3. The lowest BCUT2D eigenvalue weighted by Crippen LogP contribution is -2.08. The van der Waals surface area contributed by atoms with E-state index in [1.54, 1.807) is 43.3 Å². The van der Waals surface area contributed by atoms with Gasteiger partial charge in [-0.15, -0.1) is 0 Å². The molecule has 0 bridgehead atoms. The van der Waals surface area contributed by atoms with Crippen LogP contribution in [0.3, 0.4) is 0 Å². The third-order valence-corrected chi connectivity index (χ3v) is 2.37. The van der Waals surface area contributed by atoms with Crippen LogP contribution in [0.5, 0.6) is 11.5 Å². The average molecular weight is 228 g/mol. The minimum absolute atomic E-state index is 0.155. The Morgan fingerprint density at radius 2 is 1.82 bits per heavy atom. The molecule has 0 saturated carbocycles. The smallest absolute Gasteiger partial charge is 0.343 e. The van der Waals surface area contributed by atoms with Crippen LogP contribution in [0.1, 0.15) is 15.9 Å². The van der Waals surface area contributed by atoms with Gasteiger partial charge in [0, 0.05) is 0 Å². The highest BCUT2D eigenvalue weighted by Gasteiger charge is 2.09. The van der Waals surface area contributed by atoms with Crippen LogP contribution >= 0.6 is 0 Å². The van der Waals surface area contributed by atoms with Crippen LogP contribution in [-0.2, 0) is 0 Å². The van der Waals surface area contributed by atoms with Gasteiger partial charge in [0.05, 0.1) is 5.56 Å². The van der Waals surface area contributed by atoms with Crippen LogP contribution in [-0.4, -0.2) is 11.1 Å². The van der Waals surface area contributed by atoms with Crippen molar-refractivity contribution in [2.24, 2.45) is 0 Å². The van der Waals surface area contributed by atoms with Crippen molar-refractivity contribution in [3.8, 4) is 11.5 Å². The molecular weight excluding hydrogens is 216 g/mol. The van der Waals surface area contributed by atoms with E-state index < -0.39 is 5.97 Å². The zero-order chi connectivity index (χ0) is 12.3. The fourth-order valence-electron chi connectivity index (χ4n) is 1.48. The minimum Gasteiger partial charge on any atom is -0.508 e. The number of hydrogen-bond donors (Lipinski definition) is 1. The molecule has 0 spiro atoms. The number of rotatable bonds is 2. The van der Waals surface area contributed by atoms with Gasteiger partial charge in [0.25, 0.3) is 0 Å². The predicted molar refractivity (Wildman–Crippen MR) is 64.2 cm³/mol. The Hall–Kier alpha value is -2.29. The van der Waals surface area contributed by atoms with Crippen LogP contribution in [0.4, 0.5) is 0 Å². The van der Waals surface area contributed by atoms with Crippen LogP contribution in [0.2, 0.25) is 0 Å². The second-order valence-corrected chi connectivity index (χ2v) is 3.71. The number of aromatic hydroxyl groups is 1. The summed E-state index contributed by atoms with van der Waals surface area (Å²) in [6.45, 7) is 1.77. The summed E-state index contributed by atoms with van der Waals surface area (Å²) in [6, 6.07) is 13.4. The van der Waals surface area contributed by atoms with Crippen molar-refractivity contribution in [1.29, 1.82) is 0 Å². The topological polar surface area (TPSA) is 46.5 Å². The minimum atomic E-state index is -0.403. The molecule has 86 valence electrons. The Bertz CT molecular complexity index is 532. The summed E-state index contributed by atoms with van der Waals surface area (Å²) in [4.78, 5) is 11.8. The summed E-state index contributed by atoms with van der Waals surface area (Å²) in [5.74, 6) is 0.207. The highest BCUT2D eigenvalue weighted by atomic mass is 16.5. The SMILES string of the molecule is Cc1cc(O)ccc1OC(=O)c1ccccc1. The molecule has 0 heterocycles. The molecule has 0 aliphatic rings. The van der Waals surface area contributed by atoms with Gasteiger partial charge in [-0.25, -0.2) is 4.79 Å². The molecule has 3 heteroatoms. The van der Waals surface area contributed by atoms with Gasteiger partial charge in [-0.3, -0.25) is 0 Å². The van der Waals surface area contributed by atoms with E-state index in [9.17, 15) is 9.90 Å². The Morgan fingerprint density at radius 1 is 1.12 bits per heavy atom. The number of benzene rings is 2. The van der Waals surface area contributed by atoms with Crippen LogP contribution in [0.15, 0.2) is 48.5 Å². The van der Waals surface area contributed by atoms with Gasteiger partial charge in [0.15, 0.2) is 0 Å². The summed E-state index contributed by atoms with van der Waals surface area (Å²) in [6.07, 6.45) is 0. The number of ether oxygens (including phenoxy) is 1. The molecule has 0 unspecified atom stereocenters. The van der Waals surface area contributed by atoms with Gasteiger partial charge >= 0.3 is 5.97 Å². The lowest BCUT2D eigenvalue weighted by atomic mass is 10.2. The largest absolute Gasteiger partial charge is 0.508 e. The zero-order valence-corrected chi connectivity index (χ0v) is 9.38. The molecule has 0 radical (unpaired) electrons. The fraction of sp³-hybridized carbons (Fsp3) is 0.0714. The number of esters is 1. The van der Waals surface area contributed by atoms with Crippen molar-refractivity contribution in [2.75, 3.05) is 0 Å². The quantitative estimate of drug-likeness (QED) is 0.635. The lowest BCUT2D eigenvalue weighted by molar-refractivity contribution is 0.0733. The van der Waals surface area contributed by atoms with E-state index in [1.807, 2.05) is 6.07 Å². The molecule has 0 aromatic heterocycles. The van der Waals surface area contributed by atoms with Crippen molar-refractivity contribution in [3.05, 3.63) is 59.7 Å². The molecule has 0 aliphatic heterocycles. The number of carbonyl (C=O) groups excluding carboxylic acids is 1. The fourth-order valence-corrected chi connectivity index (χ4v) is 1.48. The number of hydrogen-bond acceptors (Lipinski definition) is 3. The van der Waals surface area contributed by atoms with Crippen molar-refractivity contribution in [2.45, 2.75) is 6.92 Å². The van der Waals surface area contributed by atoms with Crippen LogP contribution < -0.4 is 4.74 Å². The Labute approximate surface area is 99.3 Å². The van der Waals surface area contributed by atoms with E-state index in [2.05, 4.69) is 0 Å². The third kappa shape index (κ3) is 2.64. The monoisotopic (exact) mass is 228 g/mol. The molecular formula is C14H12O3. The molecule has 0 atom stereocenters. The van der Waals surface area contributed by atoms with Crippen LogP contribution in [0, 0.1) is 6.92 Å². The number of phenolic OH excluding ortho intramolecular Hbond substituents is 1. The first-order chi connectivity index (χ1) is 8.16. The predicted octanol–water partition coefficient (Wildman–Crippen LogP) is 2.92. The number of aryl methyl sites for hydroxylation is 1. The molecule has 0 saturated heterocycles. The van der Waals surface area contributed by atoms with Gasteiger partial charge in [0.2, 0.25) is 0 Å². The maximum absolute atomic E-state index is 11.8. The summed E-state index contributed by atoms with van der Waals surface area (Å²) < 4.78 is 5.24. The average Bonchev–Trinajstić information content (AvgIpc) is 2.34. The van der Waals surface area contributed by atoms with Crippen molar-refractivity contribution < 1.29 is 14.6 Å². The highest BCUT2D eigenvalue weighted by molar-refractivity contribution is 5.91. The highest BCUT2D eigenvalue weighted by Crippen LogP contribution is 2.23. The lowest BCUT2D eigenvalue weighted by Gasteiger charge is -2.07. The maximum atomic E-state index is 11.8. The molecule has 2 aromatic rings. The maximum Gasteiger partial charge on any atom is 0.343 e. The van der Waals surface area contributed by atoms with Gasteiger partial charge in [-0.05, 0) is 42.8 Å². The molecule has 1 N–H and O–H groups in total. The van der Waals surface area contributed by atoms with Gasteiger partial charge < -0.3 is 9.84 Å². The molecule has 3 nitrogen and oxygen atoms in total.